The van der Waals surface area contributed by atoms with Gasteiger partial charge in [-0.05, 0) is 68.3 Å². The second-order valence-electron chi connectivity index (χ2n) is 8.50. The number of amides is 2. The molecule has 0 fully saturated rings. The van der Waals surface area contributed by atoms with E-state index in [2.05, 4.69) is 5.32 Å². The van der Waals surface area contributed by atoms with Gasteiger partial charge < -0.3 is 15.0 Å². The third kappa shape index (κ3) is 5.81. The molecular formula is C27H27ClN2O4S. The van der Waals surface area contributed by atoms with Crippen LogP contribution in [0.15, 0.2) is 76.5 Å². The Kier molecular flexibility index (Phi) is 8.00. The van der Waals surface area contributed by atoms with Crippen molar-refractivity contribution in [2.75, 3.05) is 18.1 Å². The summed E-state index contributed by atoms with van der Waals surface area (Å²) in [5, 5.41) is 3.45. The fourth-order valence-electron chi connectivity index (χ4n) is 3.87. The zero-order chi connectivity index (χ0) is 24.9. The molecule has 35 heavy (non-hydrogen) atoms. The first-order chi connectivity index (χ1) is 16.8. The fourth-order valence-corrected chi connectivity index (χ4v) is 5.43. The molecule has 0 bridgehead atoms. The summed E-state index contributed by atoms with van der Waals surface area (Å²) in [7, 11) is -1.58. The molecule has 0 aliphatic carbocycles. The largest absolute Gasteiger partial charge is 0.379 e. The second kappa shape index (κ2) is 11.2. The smallest absolute Gasteiger partial charge is 0.259 e. The van der Waals surface area contributed by atoms with Gasteiger partial charge >= 0.3 is 0 Å². The number of ether oxygens (including phenoxy) is 1. The number of carbonyl (C=O) groups is 2. The molecule has 6 nitrogen and oxygen atoms in total. The van der Waals surface area contributed by atoms with E-state index < -0.39 is 10.8 Å². The number of fused-ring (bicyclic) bond motifs is 2. The van der Waals surface area contributed by atoms with Gasteiger partial charge in [-0.15, -0.1) is 0 Å². The third-order valence-corrected chi connectivity index (χ3v) is 7.30. The molecule has 182 valence electrons. The lowest BCUT2D eigenvalue weighted by molar-refractivity contribution is 0.0757. The standard InChI is InChI=1S/C27H27ClN2O4S/c1-18(2)34-14-6-13-29-26(31)20-11-12-25-23(16-20)30(17-19-7-5-8-21(28)15-19)27(32)22-9-3-4-10-24(22)35(25)33/h3-5,7-12,15-16,18H,6,13-14,17H2,1-2H3,(H,29,31)/t35-/m1/s1. The number of hydrogen-bond acceptors (Lipinski definition) is 4. The van der Waals surface area contributed by atoms with Gasteiger partial charge in [-0.2, -0.15) is 0 Å². The Bertz CT molecular complexity index is 1280. The molecule has 0 saturated carbocycles. The van der Waals surface area contributed by atoms with Crippen molar-refractivity contribution in [1.82, 2.24) is 5.32 Å². The summed E-state index contributed by atoms with van der Waals surface area (Å²) in [6.07, 6.45) is 0.830. The normalized spacial score (nSPS) is 14.9. The first-order valence-electron chi connectivity index (χ1n) is 11.5. The molecule has 0 unspecified atom stereocenters. The summed E-state index contributed by atoms with van der Waals surface area (Å²) in [4.78, 5) is 29.0. The summed E-state index contributed by atoms with van der Waals surface area (Å²) >= 11 is 6.18. The van der Waals surface area contributed by atoms with Crippen molar-refractivity contribution in [3.05, 3.63) is 88.4 Å². The number of carbonyl (C=O) groups excluding carboxylic acids is 2. The van der Waals surface area contributed by atoms with Crippen LogP contribution in [0.4, 0.5) is 5.69 Å². The van der Waals surface area contributed by atoms with E-state index >= 15 is 0 Å². The minimum absolute atomic E-state index is 0.142. The van der Waals surface area contributed by atoms with Crippen molar-refractivity contribution in [2.45, 2.75) is 42.7 Å². The van der Waals surface area contributed by atoms with Crippen LogP contribution in [0.1, 0.15) is 46.5 Å². The summed E-state index contributed by atoms with van der Waals surface area (Å²) in [5.74, 6) is -0.545. The van der Waals surface area contributed by atoms with Crippen LogP contribution in [-0.2, 0) is 22.1 Å². The fraction of sp³-hybridized carbons (Fsp3) is 0.259. The highest BCUT2D eigenvalue weighted by atomic mass is 35.5. The van der Waals surface area contributed by atoms with Crippen LogP contribution in [0.3, 0.4) is 0 Å². The molecule has 1 N–H and O–H groups in total. The van der Waals surface area contributed by atoms with E-state index in [1.807, 2.05) is 26.0 Å². The molecule has 1 atom stereocenters. The van der Waals surface area contributed by atoms with Crippen LogP contribution >= 0.6 is 11.6 Å². The van der Waals surface area contributed by atoms with E-state index in [4.69, 9.17) is 16.3 Å². The zero-order valence-electron chi connectivity index (χ0n) is 19.6. The van der Waals surface area contributed by atoms with Gasteiger partial charge in [-0.3, -0.25) is 9.59 Å². The average molecular weight is 511 g/mol. The molecule has 1 heterocycles. The van der Waals surface area contributed by atoms with Gasteiger partial charge in [0.2, 0.25) is 0 Å². The van der Waals surface area contributed by atoms with Gasteiger partial charge in [-0.1, -0.05) is 35.9 Å². The van der Waals surface area contributed by atoms with E-state index in [-0.39, 0.29) is 24.5 Å². The monoisotopic (exact) mass is 510 g/mol. The summed E-state index contributed by atoms with van der Waals surface area (Å²) in [6, 6.07) is 19.1. The van der Waals surface area contributed by atoms with Crippen LogP contribution < -0.4 is 10.2 Å². The summed E-state index contributed by atoms with van der Waals surface area (Å²) in [5.41, 5.74) is 2.03. The van der Waals surface area contributed by atoms with Crippen molar-refractivity contribution in [1.29, 1.82) is 0 Å². The molecule has 0 radical (unpaired) electrons. The predicted molar refractivity (Wildman–Crippen MR) is 138 cm³/mol. The Morgan fingerprint density at radius 3 is 2.63 bits per heavy atom. The topological polar surface area (TPSA) is 75.7 Å². The van der Waals surface area contributed by atoms with Gasteiger partial charge in [0.1, 0.15) is 0 Å². The van der Waals surface area contributed by atoms with E-state index in [1.54, 1.807) is 59.5 Å². The first kappa shape index (κ1) is 25.1. The van der Waals surface area contributed by atoms with Gasteiger partial charge in [-0.25, -0.2) is 4.21 Å². The van der Waals surface area contributed by atoms with Crippen molar-refractivity contribution in [3.8, 4) is 0 Å². The Morgan fingerprint density at radius 1 is 1.06 bits per heavy atom. The molecule has 0 spiro atoms. The highest BCUT2D eigenvalue weighted by molar-refractivity contribution is 7.85. The van der Waals surface area contributed by atoms with Gasteiger partial charge in [0, 0.05) is 23.7 Å². The van der Waals surface area contributed by atoms with E-state index in [0.29, 0.717) is 51.2 Å². The maximum absolute atomic E-state index is 13.7. The number of benzene rings is 3. The lowest BCUT2D eigenvalue weighted by Gasteiger charge is -2.24. The molecule has 8 heteroatoms. The number of hydrogen-bond donors (Lipinski definition) is 1. The predicted octanol–water partition coefficient (Wildman–Crippen LogP) is 5.21. The minimum Gasteiger partial charge on any atom is -0.379 e. The minimum atomic E-state index is -1.58. The molecule has 1 aliphatic rings. The van der Waals surface area contributed by atoms with Crippen LogP contribution in [0.5, 0.6) is 0 Å². The number of nitrogens with zero attached hydrogens (tertiary/aromatic N) is 1. The van der Waals surface area contributed by atoms with Gasteiger partial charge in [0.05, 0.1) is 44.5 Å². The Morgan fingerprint density at radius 2 is 1.86 bits per heavy atom. The van der Waals surface area contributed by atoms with Crippen molar-refractivity contribution in [2.24, 2.45) is 0 Å². The molecule has 3 aromatic carbocycles. The van der Waals surface area contributed by atoms with Crippen LogP contribution in [0.2, 0.25) is 5.02 Å². The van der Waals surface area contributed by atoms with Crippen molar-refractivity contribution >= 4 is 39.9 Å². The molecule has 2 amide bonds. The SMILES string of the molecule is CC(C)OCCCNC(=O)c1ccc2c(c1)N(Cc1cccc(Cl)c1)C(=O)c1ccccc1[S@]2=O. The Labute approximate surface area is 212 Å². The van der Waals surface area contributed by atoms with Gasteiger partial charge in [0.15, 0.2) is 0 Å². The average Bonchev–Trinajstić information content (AvgIpc) is 2.93. The molecule has 0 aromatic heterocycles. The molecule has 0 saturated heterocycles. The van der Waals surface area contributed by atoms with Crippen molar-refractivity contribution in [3.63, 3.8) is 0 Å². The maximum atomic E-state index is 13.7. The number of nitrogens with one attached hydrogen (secondary N) is 1. The molecule has 3 aromatic rings. The molecular weight excluding hydrogens is 484 g/mol. The molecule has 1 aliphatic heterocycles. The van der Waals surface area contributed by atoms with E-state index in [1.165, 1.54) is 0 Å². The lowest BCUT2D eigenvalue weighted by atomic mass is 10.1. The summed E-state index contributed by atoms with van der Waals surface area (Å²) in [6.45, 7) is 5.17. The highest BCUT2D eigenvalue weighted by Crippen LogP contribution is 2.36. The van der Waals surface area contributed by atoms with Crippen LogP contribution in [0.25, 0.3) is 0 Å². The quantitative estimate of drug-likeness (QED) is 0.422. The molecule has 4 rings (SSSR count). The first-order valence-corrected chi connectivity index (χ1v) is 13.0. The van der Waals surface area contributed by atoms with Gasteiger partial charge in [0.25, 0.3) is 11.8 Å². The lowest BCUT2D eigenvalue weighted by Crippen LogP contribution is -2.31. The number of halogens is 1. The Hall–Kier alpha value is -3.00. The summed E-state index contributed by atoms with van der Waals surface area (Å²) < 4.78 is 19.0. The number of rotatable bonds is 8. The van der Waals surface area contributed by atoms with E-state index in [0.717, 1.165) is 5.56 Å². The zero-order valence-corrected chi connectivity index (χ0v) is 21.2. The van der Waals surface area contributed by atoms with E-state index in [9.17, 15) is 13.8 Å². The third-order valence-electron chi connectivity index (χ3n) is 5.56. The van der Waals surface area contributed by atoms with Crippen LogP contribution in [0, 0.1) is 0 Å². The second-order valence-corrected chi connectivity index (χ2v) is 10.4. The van der Waals surface area contributed by atoms with Crippen LogP contribution in [-0.4, -0.2) is 35.3 Å². The highest BCUT2D eigenvalue weighted by Gasteiger charge is 2.31. The number of anilines is 1. The maximum Gasteiger partial charge on any atom is 0.259 e. The van der Waals surface area contributed by atoms with Crippen molar-refractivity contribution < 1.29 is 18.5 Å². The Balaban J connectivity index is 1.67.